The molecule has 0 aliphatic rings. The van der Waals surface area contributed by atoms with Gasteiger partial charge in [0.1, 0.15) is 0 Å². The molecule has 0 rings (SSSR count). The maximum Gasteiger partial charge on any atom is 0.314 e. The summed E-state index contributed by atoms with van der Waals surface area (Å²) in [5.41, 5.74) is 0. The lowest BCUT2D eigenvalue weighted by atomic mass is 10.6. The zero-order valence-electron chi connectivity index (χ0n) is 14.6. The van der Waals surface area contributed by atoms with Crippen LogP contribution in [0, 0.1) is 0 Å². The minimum atomic E-state index is -3.13. The second-order valence-corrected chi connectivity index (χ2v) is 12.9. The average Bonchev–Trinajstić information content (AvgIpc) is 2.30. The molecule has 0 aromatic carbocycles. The second kappa shape index (κ2) is 22.5. The molecule has 0 unspecified atom stereocenters. The van der Waals surface area contributed by atoms with Gasteiger partial charge in [0.15, 0.2) is 0 Å². The molecule has 122 valence electrons. The summed E-state index contributed by atoms with van der Waals surface area (Å²) in [6, 6.07) is 0. The van der Waals surface area contributed by atoms with Crippen molar-refractivity contribution in [1.29, 1.82) is 0 Å². The first-order valence-corrected chi connectivity index (χ1v) is 15.1. The van der Waals surface area contributed by atoms with Crippen LogP contribution in [0.4, 0.5) is 0 Å². The fourth-order valence-electron chi connectivity index (χ4n) is 2.26. The summed E-state index contributed by atoms with van der Waals surface area (Å²) in [6.45, 7) is 9.16. The smallest absolute Gasteiger partial charge is 0.314 e. The fourth-order valence-corrected chi connectivity index (χ4v) is 6.78. The zero-order valence-corrected chi connectivity index (χ0v) is 17.9. The molecule has 0 bridgehead atoms. The van der Waals surface area contributed by atoms with Crippen molar-refractivity contribution < 1.29 is 14.4 Å². The van der Waals surface area contributed by atoms with Crippen LogP contribution in [0.15, 0.2) is 0 Å². The van der Waals surface area contributed by atoms with Crippen molar-refractivity contribution in [3.05, 3.63) is 0 Å². The van der Waals surface area contributed by atoms with E-state index < -0.39 is 8.25 Å². The molecule has 2 N–H and O–H groups in total. The Hall–Kier alpha value is 1.21. The molecule has 0 atom stereocenters. The lowest BCUT2D eigenvalue weighted by Gasteiger charge is -1.98. The largest absolute Gasteiger partial charge is 0.326 e. The highest BCUT2D eigenvalue weighted by Crippen LogP contribution is 2.04. The van der Waals surface area contributed by atoms with Crippen LogP contribution < -0.4 is 0 Å². The lowest BCUT2D eigenvalue weighted by molar-refractivity contribution is 0.405. The molecule has 6 heteroatoms. The molecule has 0 fully saturated rings. The van der Waals surface area contributed by atoms with Crippen molar-refractivity contribution in [2.45, 2.75) is 86.1 Å². The van der Waals surface area contributed by atoms with E-state index in [0.717, 1.165) is 0 Å². The van der Waals surface area contributed by atoms with Crippen LogP contribution in [0.2, 0.25) is 32.7 Å². The Morgan fingerprint density at radius 2 is 0.850 bits per heavy atom. The van der Waals surface area contributed by atoms with Gasteiger partial charge in [-0.05, 0) is 0 Å². The van der Waals surface area contributed by atoms with Gasteiger partial charge >= 0.3 is 8.25 Å². The van der Waals surface area contributed by atoms with E-state index in [4.69, 9.17) is 14.4 Å². The molecule has 0 aromatic heterocycles. The first-order valence-electron chi connectivity index (χ1n) is 8.27. The summed E-state index contributed by atoms with van der Waals surface area (Å²) >= 11 is -0.404. The Labute approximate surface area is 136 Å². The molecule has 0 radical (unpaired) electrons. The Kier molecular flexibility index (Phi) is 29.4. The van der Waals surface area contributed by atoms with Gasteiger partial charge in [0.25, 0.3) is 28.3 Å². The van der Waals surface area contributed by atoms with Gasteiger partial charge in [-0.3, -0.25) is 4.57 Å². The summed E-state index contributed by atoms with van der Waals surface area (Å²) in [5.74, 6) is 4.96. The van der Waals surface area contributed by atoms with Gasteiger partial charge in [0, 0.05) is 0 Å². The highest BCUT2D eigenvalue weighted by molar-refractivity contribution is 7.30. The summed E-state index contributed by atoms with van der Waals surface area (Å²) in [4.78, 5) is 14.3. The van der Waals surface area contributed by atoms with Crippen molar-refractivity contribution in [3.63, 3.8) is 0 Å². The zero-order chi connectivity index (χ0) is 16.4. The van der Waals surface area contributed by atoms with Crippen LogP contribution >= 0.6 is 8.25 Å². The van der Waals surface area contributed by atoms with Crippen LogP contribution in [0.5, 0.6) is 0 Å². The summed E-state index contributed by atoms with van der Waals surface area (Å²) < 4.78 is 8.74. The standard InChI is InChI=1S/4C3H7.2CH3.2Al.H3O3P/c4*1-3-2;;;;;1-4(2)3/h4*1,3H2,2H3;2*1H3;;;4H,(H2,1,2,3). The fraction of sp³-hybridized carbons (Fsp3) is 1.00. The van der Waals surface area contributed by atoms with Crippen molar-refractivity contribution in [1.82, 2.24) is 0 Å². The van der Waals surface area contributed by atoms with Crippen LogP contribution in [-0.2, 0) is 4.57 Å². The van der Waals surface area contributed by atoms with E-state index in [1.54, 1.807) is 21.1 Å². The topological polar surface area (TPSA) is 57.5 Å². The molecule has 0 saturated heterocycles. The third-order valence-electron chi connectivity index (χ3n) is 3.13. The van der Waals surface area contributed by atoms with Crippen molar-refractivity contribution in [2.24, 2.45) is 0 Å². The van der Waals surface area contributed by atoms with Gasteiger partial charge < -0.3 is 9.79 Å². The Morgan fingerprint density at radius 3 is 0.950 bits per heavy atom. The van der Waals surface area contributed by atoms with Gasteiger partial charge in [0.2, 0.25) is 0 Å². The number of rotatable bonds is 8. The number of hydrogen-bond donors (Lipinski definition) is 2. The quantitative estimate of drug-likeness (QED) is 0.471. The second-order valence-electron chi connectivity index (χ2n) is 5.65. The van der Waals surface area contributed by atoms with Gasteiger partial charge in [0.05, 0.1) is 0 Å². The van der Waals surface area contributed by atoms with Gasteiger partial charge in [-0.15, -0.1) is 11.6 Å². The molecule has 3 nitrogen and oxygen atoms in total. The normalized spacial score (nSPS) is 9.25. The van der Waals surface area contributed by atoms with Crippen molar-refractivity contribution in [3.8, 4) is 0 Å². The van der Waals surface area contributed by atoms with E-state index >= 15 is 0 Å². The maximum absolute atomic E-state index is 8.74. The van der Waals surface area contributed by atoms with E-state index in [1.165, 1.54) is 25.7 Å². The van der Waals surface area contributed by atoms with Crippen molar-refractivity contribution in [2.75, 3.05) is 0 Å². The maximum atomic E-state index is 8.74. The molecular formula is C14H37Al2O3P. The van der Waals surface area contributed by atoms with Crippen LogP contribution in [0.25, 0.3) is 0 Å². The van der Waals surface area contributed by atoms with E-state index in [2.05, 4.69) is 39.3 Å². The summed E-state index contributed by atoms with van der Waals surface area (Å²) in [6.07, 6.45) is 5.64. The summed E-state index contributed by atoms with van der Waals surface area (Å²) in [5, 5.41) is 6.20. The van der Waals surface area contributed by atoms with Crippen LogP contribution in [-0.4, -0.2) is 38.1 Å². The lowest BCUT2D eigenvalue weighted by Crippen LogP contribution is -2.03. The molecule has 0 spiro atoms. The third-order valence-corrected chi connectivity index (χ3v) is 9.38. The van der Waals surface area contributed by atoms with Crippen LogP contribution in [0.3, 0.4) is 0 Å². The molecule has 20 heavy (non-hydrogen) atoms. The predicted octanol–water partition coefficient (Wildman–Crippen LogP) is 5.22. The molecule has 0 aromatic rings. The van der Waals surface area contributed by atoms with Crippen molar-refractivity contribution >= 4 is 36.6 Å². The first kappa shape index (κ1) is 26.1. The average molecular weight is 338 g/mol. The Bertz CT molecular complexity index is 165. The Morgan fingerprint density at radius 1 is 0.700 bits per heavy atom. The van der Waals surface area contributed by atoms with E-state index in [9.17, 15) is 0 Å². The third kappa shape index (κ3) is 36.5. The molecule has 0 heterocycles. The molecular weight excluding hydrogens is 301 g/mol. The first-order chi connectivity index (χ1) is 9.35. The van der Waals surface area contributed by atoms with Gasteiger partial charge in [-0.25, -0.2) is 0 Å². The molecule has 0 aliphatic heterocycles. The highest BCUT2D eigenvalue weighted by atomic mass is 31.1. The molecule has 0 amide bonds. The number of hydrogen-bond acceptors (Lipinski definition) is 1. The van der Waals surface area contributed by atoms with E-state index in [0.29, 0.717) is 0 Å². The monoisotopic (exact) mass is 338 g/mol. The predicted molar refractivity (Wildman–Crippen MR) is 97.1 cm³/mol. The van der Waals surface area contributed by atoms with Crippen LogP contribution in [0.1, 0.15) is 53.4 Å². The van der Waals surface area contributed by atoms with Gasteiger partial charge in [-0.1, -0.05) is 74.5 Å². The molecule has 0 saturated carbocycles. The molecule has 0 aliphatic carbocycles. The minimum Gasteiger partial charge on any atom is -0.326 e. The minimum absolute atomic E-state index is 0.202. The van der Waals surface area contributed by atoms with E-state index in [-0.39, 0.29) is 28.3 Å². The summed E-state index contributed by atoms with van der Waals surface area (Å²) in [7, 11) is -3.13. The van der Waals surface area contributed by atoms with E-state index in [1.807, 2.05) is 0 Å². The SMILES string of the molecule is CC[CH2][Al]([CH3])[CH2]CC.CC[CH2][Al]([CH3])[CH2]CC.O=[PH](O)O. The highest BCUT2D eigenvalue weighted by Gasteiger charge is 2.05. The Balaban J connectivity index is -0.000000230. The van der Waals surface area contributed by atoms with Gasteiger partial charge in [-0.2, -0.15) is 0 Å².